The Bertz CT molecular complexity index is 1210. The molecule has 3 heterocycles. The number of hydrogen-bond donors (Lipinski definition) is 0. The van der Waals surface area contributed by atoms with E-state index in [2.05, 4.69) is 21.8 Å². The van der Waals surface area contributed by atoms with Gasteiger partial charge in [-0.25, -0.2) is 4.98 Å². The molecule has 1 aromatic carbocycles. The van der Waals surface area contributed by atoms with E-state index < -0.39 is 0 Å². The molecule has 30 heavy (non-hydrogen) atoms. The molecule has 0 fully saturated rings. The molecule has 0 aliphatic carbocycles. The summed E-state index contributed by atoms with van der Waals surface area (Å²) < 4.78 is 14.5. The summed E-state index contributed by atoms with van der Waals surface area (Å²) >= 11 is 2.90. The Morgan fingerprint density at radius 2 is 2.03 bits per heavy atom. The van der Waals surface area contributed by atoms with Crippen molar-refractivity contribution in [3.8, 4) is 11.5 Å². The molecule has 0 spiro atoms. The first-order valence-corrected chi connectivity index (χ1v) is 10.9. The van der Waals surface area contributed by atoms with Gasteiger partial charge in [0.2, 0.25) is 0 Å². The summed E-state index contributed by atoms with van der Waals surface area (Å²) in [6.45, 7) is 4.64. The number of thiazole rings is 1. The van der Waals surface area contributed by atoms with Crippen LogP contribution in [0.5, 0.6) is 11.5 Å². The summed E-state index contributed by atoms with van der Waals surface area (Å²) in [7, 11) is 1.62. The maximum absolute atomic E-state index is 12.2. The predicted molar refractivity (Wildman–Crippen MR) is 116 cm³/mol. The molecule has 4 aromatic rings. The monoisotopic (exact) mass is 441 g/mol. The molecule has 0 amide bonds. The van der Waals surface area contributed by atoms with Crippen LogP contribution < -0.4 is 15.0 Å². The third-order valence-corrected chi connectivity index (χ3v) is 5.99. The maximum Gasteiger partial charge on any atom is 0.258 e. The molecule has 0 unspecified atom stereocenters. The molecule has 0 saturated carbocycles. The second-order valence-corrected chi connectivity index (χ2v) is 8.01. The molecule has 0 aliphatic heterocycles. The number of hydrogen-bond acceptors (Lipinski definition) is 8. The van der Waals surface area contributed by atoms with E-state index in [0.29, 0.717) is 34.5 Å². The first-order valence-electron chi connectivity index (χ1n) is 9.06. The van der Waals surface area contributed by atoms with Crippen molar-refractivity contribution in [2.45, 2.75) is 24.1 Å². The van der Waals surface area contributed by atoms with Crippen LogP contribution in [0.4, 0.5) is 0 Å². The van der Waals surface area contributed by atoms with Crippen molar-refractivity contribution in [2.75, 3.05) is 7.11 Å². The summed E-state index contributed by atoms with van der Waals surface area (Å²) in [6, 6.07) is 8.91. The average molecular weight is 442 g/mol. The van der Waals surface area contributed by atoms with Crippen LogP contribution in [0.3, 0.4) is 0 Å². The van der Waals surface area contributed by atoms with E-state index in [1.54, 1.807) is 25.4 Å². The third kappa shape index (κ3) is 4.39. The number of benzene rings is 1. The van der Waals surface area contributed by atoms with Crippen LogP contribution in [0.2, 0.25) is 0 Å². The molecule has 0 bridgehead atoms. The molecule has 0 radical (unpaired) electrons. The fourth-order valence-corrected chi connectivity index (χ4v) is 4.36. The topological polar surface area (TPSA) is 83.5 Å². The second kappa shape index (κ2) is 9.14. The fraction of sp³-hybridized carbons (Fsp3) is 0.200. The lowest BCUT2D eigenvalue weighted by molar-refractivity contribution is 0.288. The van der Waals surface area contributed by atoms with Gasteiger partial charge in [0.15, 0.2) is 15.9 Å². The standard InChI is InChI=1S/C20H19N5O3S2/c1-3-8-24-17(12-28-16-6-4-15(27-2)5-7-16)22-23-20(24)30-13-14-11-18(26)25-9-10-29-19(25)21-14/h3-7,9-11H,1,8,12-13H2,2H3. The molecule has 3 aromatic heterocycles. The minimum absolute atomic E-state index is 0.0852. The minimum Gasteiger partial charge on any atom is -0.497 e. The van der Waals surface area contributed by atoms with Crippen molar-refractivity contribution in [2.24, 2.45) is 0 Å². The van der Waals surface area contributed by atoms with Crippen LogP contribution in [-0.2, 0) is 18.9 Å². The Morgan fingerprint density at radius 1 is 1.23 bits per heavy atom. The van der Waals surface area contributed by atoms with Gasteiger partial charge in [-0.15, -0.1) is 28.1 Å². The third-order valence-electron chi connectivity index (χ3n) is 4.24. The van der Waals surface area contributed by atoms with Crippen molar-refractivity contribution in [1.29, 1.82) is 0 Å². The Hall–Kier alpha value is -3.11. The quantitative estimate of drug-likeness (QED) is 0.291. The largest absolute Gasteiger partial charge is 0.497 e. The van der Waals surface area contributed by atoms with E-state index >= 15 is 0 Å². The summed E-state index contributed by atoms with van der Waals surface area (Å²) in [6.07, 6.45) is 3.51. The average Bonchev–Trinajstić information content (AvgIpc) is 3.39. The Morgan fingerprint density at radius 3 is 2.80 bits per heavy atom. The fourth-order valence-electron chi connectivity index (χ4n) is 2.77. The van der Waals surface area contributed by atoms with E-state index in [1.807, 2.05) is 34.2 Å². The summed E-state index contributed by atoms with van der Waals surface area (Å²) in [5.41, 5.74) is 0.620. The lowest BCUT2D eigenvalue weighted by atomic mass is 10.3. The molecular weight excluding hydrogens is 422 g/mol. The SMILES string of the molecule is C=CCn1c(COc2ccc(OC)cc2)nnc1SCc1cc(=O)n2ccsc2n1. The lowest BCUT2D eigenvalue weighted by Crippen LogP contribution is -2.12. The summed E-state index contributed by atoms with van der Waals surface area (Å²) in [5, 5.41) is 11.1. The molecule has 154 valence electrons. The smallest absolute Gasteiger partial charge is 0.258 e. The number of aromatic nitrogens is 5. The summed E-state index contributed by atoms with van der Waals surface area (Å²) in [5.74, 6) is 2.69. The first-order chi connectivity index (χ1) is 14.7. The predicted octanol–water partition coefficient (Wildman–Crippen LogP) is 3.41. The van der Waals surface area contributed by atoms with E-state index in [4.69, 9.17) is 9.47 Å². The minimum atomic E-state index is -0.0852. The molecule has 0 aliphatic rings. The number of rotatable bonds is 9. The Labute approximate surface area is 180 Å². The van der Waals surface area contributed by atoms with Gasteiger partial charge in [-0.05, 0) is 24.3 Å². The van der Waals surface area contributed by atoms with Gasteiger partial charge in [0.25, 0.3) is 5.56 Å². The van der Waals surface area contributed by atoms with Crippen LogP contribution in [0.25, 0.3) is 4.96 Å². The lowest BCUT2D eigenvalue weighted by Gasteiger charge is -2.09. The van der Waals surface area contributed by atoms with Gasteiger partial charge in [0.05, 0.1) is 12.8 Å². The van der Waals surface area contributed by atoms with Crippen molar-refractivity contribution < 1.29 is 9.47 Å². The van der Waals surface area contributed by atoms with E-state index in [0.717, 1.165) is 10.9 Å². The number of ether oxygens (including phenoxy) is 2. The number of nitrogens with zero attached hydrogens (tertiary/aromatic N) is 5. The normalized spacial score (nSPS) is 11.0. The molecule has 4 rings (SSSR count). The highest BCUT2D eigenvalue weighted by atomic mass is 32.2. The molecule has 10 heteroatoms. The van der Waals surface area contributed by atoms with Gasteiger partial charge in [-0.3, -0.25) is 13.8 Å². The maximum atomic E-state index is 12.2. The van der Waals surface area contributed by atoms with Crippen LogP contribution in [-0.4, -0.2) is 31.3 Å². The molecule has 0 N–H and O–H groups in total. The van der Waals surface area contributed by atoms with Crippen molar-refractivity contribution in [3.05, 3.63) is 76.4 Å². The van der Waals surface area contributed by atoms with Gasteiger partial charge < -0.3 is 9.47 Å². The van der Waals surface area contributed by atoms with E-state index in [-0.39, 0.29) is 12.2 Å². The number of allylic oxidation sites excluding steroid dienone is 1. The number of thioether (sulfide) groups is 1. The Kier molecular flexibility index (Phi) is 6.15. The molecule has 0 atom stereocenters. The number of methoxy groups -OCH3 is 1. The highest BCUT2D eigenvalue weighted by Crippen LogP contribution is 2.23. The molecule has 0 saturated heterocycles. The Balaban J connectivity index is 1.46. The number of fused-ring (bicyclic) bond motifs is 1. The first kappa shape index (κ1) is 20.2. The van der Waals surface area contributed by atoms with Gasteiger partial charge in [-0.1, -0.05) is 17.8 Å². The van der Waals surface area contributed by atoms with Gasteiger partial charge in [0, 0.05) is 29.9 Å². The van der Waals surface area contributed by atoms with E-state index in [9.17, 15) is 4.79 Å². The van der Waals surface area contributed by atoms with Crippen molar-refractivity contribution in [3.63, 3.8) is 0 Å². The molecular formula is C20H19N5O3S2. The highest BCUT2D eigenvalue weighted by Gasteiger charge is 2.14. The second-order valence-electron chi connectivity index (χ2n) is 6.19. The van der Waals surface area contributed by atoms with Crippen LogP contribution >= 0.6 is 23.1 Å². The van der Waals surface area contributed by atoms with E-state index in [1.165, 1.54) is 27.5 Å². The zero-order chi connectivity index (χ0) is 20.9. The van der Waals surface area contributed by atoms with Gasteiger partial charge in [-0.2, -0.15) is 0 Å². The van der Waals surface area contributed by atoms with Crippen molar-refractivity contribution in [1.82, 2.24) is 24.1 Å². The van der Waals surface area contributed by atoms with Crippen LogP contribution in [0.15, 0.2) is 64.5 Å². The zero-order valence-electron chi connectivity index (χ0n) is 16.2. The van der Waals surface area contributed by atoms with Crippen LogP contribution in [0, 0.1) is 0 Å². The zero-order valence-corrected chi connectivity index (χ0v) is 17.9. The van der Waals surface area contributed by atoms with Crippen molar-refractivity contribution >= 4 is 28.1 Å². The molecule has 8 nitrogen and oxygen atoms in total. The summed E-state index contributed by atoms with van der Waals surface area (Å²) in [4.78, 5) is 17.4. The van der Waals surface area contributed by atoms with Crippen LogP contribution in [0.1, 0.15) is 11.5 Å². The van der Waals surface area contributed by atoms with Gasteiger partial charge in [0.1, 0.15) is 18.1 Å². The highest BCUT2D eigenvalue weighted by molar-refractivity contribution is 7.98. The van der Waals surface area contributed by atoms with Gasteiger partial charge >= 0.3 is 0 Å².